The van der Waals surface area contributed by atoms with E-state index in [1.54, 1.807) is 0 Å². The zero-order valence-corrected chi connectivity index (χ0v) is 11.3. The summed E-state index contributed by atoms with van der Waals surface area (Å²) >= 11 is 0. The molecule has 3 unspecified atom stereocenters. The first-order valence-corrected chi connectivity index (χ1v) is 7.73. The summed E-state index contributed by atoms with van der Waals surface area (Å²) < 4.78 is 0. The third-order valence-electron chi connectivity index (χ3n) is 5.45. The van der Waals surface area contributed by atoms with Crippen LogP contribution in [0.3, 0.4) is 0 Å². The summed E-state index contributed by atoms with van der Waals surface area (Å²) in [5, 5.41) is 3.26. The molecule has 3 atom stereocenters. The Hall–Kier alpha value is -0.570. The van der Waals surface area contributed by atoms with Gasteiger partial charge >= 0.3 is 0 Å². The minimum Gasteiger partial charge on any atom is -0.353 e. The number of fused-ring (bicyclic) bond motifs is 2. The SMILES string of the molecule is NC1(CC(=O)NC2CC3CCC2C3)CCCCC1. The van der Waals surface area contributed by atoms with Crippen molar-refractivity contribution in [3.8, 4) is 0 Å². The van der Waals surface area contributed by atoms with Crippen molar-refractivity contribution in [2.75, 3.05) is 0 Å². The molecular weight excluding hydrogens is 224 g/mol. The van der Waals surface area contributed by atoms with Gasteiger partial charge < -0.3 is 11.1 Å². The van der Waals surface area contributed by atoms with Crippen LogP contribution < -0.4 is 11.1 Å². The summed E-state index contributed by atoms with van der Waals surface area (Å²) in [6.07, 6.45) is 11.5. The molecule has 1 amide bonds. The van der Waals surface area contributed by atoms with Crippen LogP contribution in [0.5, 0.6) is 0 Å². The van der Waals surface area contributed by atoms with E-state index >= 15 is 0 Å². The first-order chi connectivity index (χ1) is 8.65. The Bertz CT molecular complexity index is 322. The minimum absolute atomic E-state index is 0.206. The number of hydrogen-bond donors (Lipinski definition) is 2. The first kappa shape index (κ1) is 12.5. The first-order valence-electron chi connectivity index (χ1n) is 7.73. The number of carbonyl (C=O) groups is 1. The highest BCUT2D eigenvalue weighted by Crippen LogP contribution is 2.44. The van der Waals surface area contributed by atoms with Gasteiger partial charge in [0.1, 0.15) is 0 Å². The maximum absolute atomic E-state index is 12.2. The quantitative estimate of drug-likeness (QED) is 0.808. The Labute approximate surface area is 110 Å². The van der Waals surface area contributed by atoms with Crippen LogP contribution in [0.2, 0.25) is 0 Å². The molecule has 3 nitrogen and oxygen atoms in total. The van der Waals surface area contributed by atoms with Crippen LogP contribution in [0.15, 0.2) is 0 Å². The van der Waals surface area contributed by atoms with Gasteiger partial charge in [0.2, 0.25) is 5.91 Å². The Balaban J connectivity index is 1.49. The van der Waals surface area contributed by atoms with Gasteiger partial charge in [0.25, 0.3) is 0 Å². The van der Waals surface area contributed by atoms with Gasteiger partial charge in [-0.3, -0.25) is 4.79 Å². The van der Waals surface area contributed by atoms with Gasteiger partial charge in [-0.15, -0.1) is 0 Å². The Kier molecular flexibility index (Phi) is 3.35. The molecule has 3 fully saturated rings. The van der Waals surface area contributed by atoms with Crippen LogP contribution in [-0.4, -0.2) is 17.5 Å². The van der Waals surface area contributed by atoms with Crippen LogP contribution in [-0.2, 0) is 4.79 Å². The van der Waals surface area contributed by atoms with Gasteiger partial charge in [-0.25, -0.2) is 0 Å². The second-order valence-electron chi connectivity index (χ2n) is 6.95. The molecule has 102 valence electrons. The summed E-state index contributed by atoms with van der Waals surface area (Å²) in [4.78, 5) is 12.2. The third-order valence-corrected chi connectivity index (χ3v) is 5.45. The zero-order valence-electron chi connectivity index (χ0n) is 11.3. The number of rotatable bonds is 3. The van der Waals surface area contributed by atoms with Gasteiger partial charge in [-0.1, -0.05) is 25.7 Å². The largest absolute Gasteiger partial charge is 0.353 e. The molecule has 0 aromatic heterocycles. The molecule has 0 aliphatic heterocycles. The standard InChI is InChI=1S/C15H26N2O/c16-15(6-2-1-3-7-15)10-14(18)17-13-9-11-4-5-12(13)8-11/h11-13H,1-10,16H2,(H,17,18). The lowest BCUT2D eigenvalue weighted by atomic mass is 9.80. The molecule has 3 N–H and O–H groups in total. The van der Waals surface area contributed by atoms with Gasteiger partial charge in [0.15, 0.2) is 0 Å². The Morgan fingerprint density at radius 2 is 1.94 bits per heavy atom. The van der Waals surface area contributed by atoms with E-state index in [1.165, 1.54) is 44.9 Å². The fourth-order valence-corrected chi connectivity index (χ4v) is 4.43. The van der Waals surface area contributed by atoms with Crippen LogP contribution in [0.25, 0.3) is 0 Å². The van der Waals surface area contributed by atoms with Crippen molar-refractivity contribution in [3.63, 3.8) is 0 Å². The summed E-state index contributed by atoms with van der Waals surface area (Å²) in [7, 11) is 0. The van der Waals surface area contributed by atoms with Crippen LogP contribution in [0.4, 0.5) is 0 Å². The molecule has 18 heavy (non-hydrogen) atoms. The molecule has 0 spiro atoms. The van der Waals surface area contributed by atoms with Gasteiger partial charge in [0, 0.05) is 18.0 Å². The lowest BCUT2D eigenvalue weighted by molar-refractivity contribution is -0.123. The number of amides is 1. The van der Waals surface area contributed by atoms with E-state index in [0.717, 1.165) is 24.7 Å². The van der Waals surface area contributed by atoms with Crippen molar-refractivity contribution in [3.05, 3.63) is 0 Å². The molecule has 3 saturated carbocycles. The van der Waals surface area contributed by atoms with E-state index in [9.17, 15) is 4.79 Å². The molecule has 0 radical (unpaired) electrons. The predicted molar refractivity (Wildman–Crippen MR) is 72.0 cm³/mol. The molecule has 0 heterocycles. The lowest BCUT2D eigenvalue weighted by Gasteiger charge is -2.33. The fraction of sp³-hybridized carbons (Fsp3) is 0.933. The van der Waals surface area contributed by atoms with Crippen molar-refractivity contribution in [1.29, 1.82) is 0 Å². The normalized spacial score (nSPS) is 37.7. The molecule has 3 rings (SSSR count). The van der Waals surface area contributed by atoms with Gasteiger partial charge in [0.05, 0.1) is 0 Å². The van der Waals surface area contributed by atoms with Crippen molar-refractivity contribution >= 4 is 5.91 Å². The Morgan fingerprint density at radius 3 is 2.56 bits per heavy atom. The number of nitrogens with one attached hydrogen (secondary N) is 1. The number of hydrogen-bond acceptors (Lipinski definition) is 2. The van der Waals surface area contributed by atoms with Crippen molar-refractivity contribution in [2.45, 2.75) is 75.8 Å². The lowest BCUT2D eigenvalue weighted by Crippen LogP contribution is -2.48. The van der Waals surface area contributed by atoms with E-state index in [-0.39, 0.29) is 11.4 Å². The zero-order chi connectivity index (χ0) is 12.6. The summed E-state index contributed by atoms with van der Waals surface area (Å²) in [6, 6.07) is 0.462. The molecule has 3 heteroatoms. The van der Waals surface area contributed by atoms with Crippen molar-refractivity contribution < 1.29 is 4.79 Å². The van der Waals surface area contributed by atoms with Crippen molar-refractivity contribution in [1.82, 2.24) is 5.32 Å². The second kappa shape index (κ2) is 4.84. The summed E-state index contributed by atoms with van der Waals surface area (Å²) in [5.41, 5.74) is 6.14. The van der Waals surface area contributed by atoms with Crippen LogP contribution in [0.1, 0.15) is 64.2 Å². The third kappa shape index (κ3) is 2.56. The van der Waals surface area contributed by atoms with E-state index in [1.807, 2.05) is 0 Å². The maximum atomic E-state index is 12.2. The minimum atomic E-state index is -0.208. The highest BCUT2D eigenvalue weighted by Gasteiger charge is 2.40. The summed E-state index contributed by atoms with van der Waals surface area (Å²) in [6.45, 7) is 0. The molecule has 0 saturated heterocycles. The molecular formula is C15H26N2O. The van der Waals surface area contributed by atoms with E-state index < -0.39 is 0 Å². The topological polar surface area (TPSA) is 55.1 Å². The number of carbonyl (C=O) groups excluding carboxylic acids is 1. The van der Waals surface area contributed by atoms with E-state index in [0.29, 0.717) is 12.5 Å². The maximum Gasteiger partial charge on any atom is 0.222 e. The number of nitrogens with two attached hydrogens (primary N) is 1. The average molecular weight is 250 g/mol. The molecule has 3 aliphatic rings. The predicted octanol–water partition coefficient (Wildman–Crippen LogP) is 2.34. The van der Waals surface area contributed by atoms with Crippen LogP contribution >= 0.6 is 0 Å². The van der Waals surface area contributed by atoms with E-state index in [4.69, 9.17) is 5.73 Å². The Morgan fingerprint density at radius 1 is 1.17 bits per heavy atom. The molecule has 0 aromatic carbocycles. The molecule has 2 bridgehead atoms. The summed E-state index contributed by atoms with van der Waals surface area (Å²) in [5.74, 6) is 1.86. The molecule has 3 aliphatic carbocycles. The van der Waals surface area contributed by atoms with Gasteiger partial charge in [-0.05, 0) is 43.9 Å². The van der Waals surface area contributed by atoms with Crippen LogP contribution in [0, 0.1) is 11.8 Å². The smallest absolute Gasteiger partial charge is 0.222 e. The van der Waals surface area contributed by atoms with E-state index in [2.05, 4.69) is 5.32 Å². The fourth-order valence-electron chi connectivity index (χ4n) is 4.43. The van der Waals surface area contributed by atoms with Gasteiger partial charge in [-0.2, -0.15) is 0 Å². The highest BCUT2D eigenvalue weighted by atomic mass is 16.1. The monoisotopic (exact) mass is 250 g/mol. The van der Waals surface area contributed by atoms with Crippen molar-refractivity contribution in [2.24, 2.45) is 17.6 Å². The highest BCUT2D eigenvalue weighted by molar-refractivity contribution is 5.77. The average Bonchev–Trinajstić information content (AvgIpc) is 2.90. The molecule has 0 aromatic rings. The second-order valence-corrected chi connectivity index (χ2v) is 6.95.